The number of rotatable bonds is 11. The number of aliphatic hydroxyl groups excluding tert-OH is 1. The maximum Gasteiger partial charge on any atom is 0.271 e. The Morgan fingerprint density at radius 2 is 1.71 bits per heavy atom. The fourth-order valence-corrected chi connectivity index (χ4v) is 4.99. The minimum absolute atomic E-state index is 0.0452. The van der Waals surface area contributed by atoms with Gasteiger partial charge >= 0.3 is 0 Å². The molecule has 1 amide bonds. The molecule has 0 saturated carbocycles. The lowest BCUT2D eigenvalue weighted by Crippen LogP contribution is -2.48. The molecule has 8 heteroatoms. The molecule has 4 aromatic rings. The van der Waals surface area contributed by atoms with E-state index in [0.717, 1.165) is 29.2 Å². The molecule has 0 radical (unpaired) electrons. The van der Waals surface area contributed by atoms with Gasteiger partial charge in [0.2, 0.25) is 0 Å². The van der Waals surface area contributed by atoms with Gasteiger partial charge < -0.3 is 15.7 Å². The van der Waals surface area contributed by atoms with E-state index in [9.17, 15) is 18.7 Å². The summed E-state index contributed by atoms with van der Waals surface area (Å²) in [6, 6.07) is 18.4. The third-order valence-electron chi connectivity index (χ3n) is 6.28. The number of amides is 1. The zero-order valence-corrected chi connectivity index (χ0v) is 22.2. The van der Waals surface area contributed by atoms with Crippen LogP contribution in [-0.2, 0) is 19.4 Å². The second kappa shape index (κ2) is 12.9. The number of halogens is 2. The van der Waals surface area contributed by atoms with E-state index < -0.39 is 29.7 Å². The topological polar surface area (TPSA) is 74.2 Å². The Morgan fingerprint density at radius 1 is 1.00 bits per heavy atom. The molecule has 0 aliphatic carbocycles. The highest BCUT2D eigenvalue weighted by Gasteiger charge is 2.24. The second-order valence-corrected chi connectivity index (χ2v) is 10.2. The molecular weight excluding hydrogens is 504 g/mol. The molecule has 38 heavy (non-hydrogen) atoms. The van der Waals surface area contributed by atoms with Crippen molar-refractivity contribution in [1.29, 1.82) is 0 Å². The van der Waals surface area contributed by atoms with Crippen LogP contribution in [0.1, 0.15) is 39.7 Å². The summed E-state index contributed by atoms with van der Waals surface area (Å²) in [6.07, 6.45) is -0.0459. The first-order valence-electron chi connectivity index (χ1n) is 12.6. The first-order valence-corrected chi connectivity index (χ1v) is 13.4. The number of hydrogen-bond acceptors (Lipinski definition) is 5. The van der Waals surface area contributed by atoms with Crippen LogP contribution >= 0.6 is 11.3 Å². The van der Waals surface area contributed by atoms with Crippen LogP contribution < -0.4 is 10.6 Å². The summed E-state index contributed by atoms with van der Waals surface area (Å²) in [5.74, 6) is -1.89. The molecule has 1 heterocycles. The number of aliphatic hydroxyl groups is 1. The molecule has 0 spiro atoms. The summed E-state index contributed by atoms with van der Waals surface area (Å²) >= 11 is 1.35. The van der Waals surface area contributed by atoms with E-state index in [4.69, 9.17) is 0 Å². The number of nitrogens with zero attached hydrogens (tertiary/aromatic N) is 1. The molecule has 0 aliphatic heterocycles. The molecule has 1 aromatic heterocycles. The number of hydrogen-bond donors (Lipinski definition) is 3. The zero-order chi connectivity index (χ0) is 27.1. The van der Waals surface area contributed by atoms with Gasteiger partial charge in [0, 0.05) is 30.1 Å². The number of benzene rings is 3. The van der Waals surface area contributed by atoms with Gasteiger partial charge in [-0.2, -0.15) is 0 Å². The third-order valence-corrected chi connectivity index (χ3v) is 7.17. The number of aromatic nitrogens is 1. The average molecular weight is 536 g/mol. The summed E-state index contributed by atoms with van der Waals surface area (Å²) in [6.45, 7) is 4.79. The van der Waals surface area contributed by atoms with Crippen molar-refractivity contribution < 1.29 is 18.7 Å². The predicted octanol–water partition coefficient (Wildman–Crippen LogP) is 5.45. The fourth-order valence-electron chi connectivity index (χ4n) is 4.18. The van der Waals surface area contributed by atoms with Crippen molar-refractivity contribution in [3.63, 3.8) is 0 Å². The van der Waals surface area contributed by atoms with Crippen molar-refractivity contribution in [2.75, 3.05) is 6.54 Å². The molecule has 198 valence electrons. The van der Waals surface area contributed by atoms with Crippen molar-refractivity contribution in [2.24, 2.45) is 0 Å². The van der Waals surface area contributed by atoms with Gasteiger partial charge in [-0.05, 0) is 48.6 Å². The summed E-state index contributed by atoms with van der Waals surface area (Å²) in [4.78, 5) is 17.6. The fraction of sp³-hybridized carbons (Fsp3) is 0.267. The number of carbonyl (C=O) groups excluding carboxylic acids is 1. The Balaban J connectivity index is 1.46. The van der Waals surface area contributed by atoms with E-state index >= 15 is 0 Å². The van der Waals surface area contributed by atoms with Crippen molar-refractivity contribution in [2.45, 2.75) is 45.4 Å². The molecule has 3 N–H and O–H groups in total. The van der Waals surface area contributed by atoms with E-state index in [1.165, 1.54) is 29.0 Å². The van der Waals surface area contributed by atoms with E-state index in [2.05, 4.69) is 34.7 Å². The van der Waals surface area contributed by atoms with Crippen molar-refractivity contribution >= 4 is 17.2 Å². The highest BCUT2D eigenvalue weighted by molar-refractivity contribution is 7.13. The summed E-state index contributed by atoms with van der Waals surface area (Å²) < 4.78 is 27.7. The van der Waals surface area contributed by atoms with E-state index in [1.54, 1.807) is 5.38 Å². The molecular formula is C30H31F2N3O2S. The SMILES string of the molecule is CCc1cccc(CNC[C@@H](O)[C@H](Cc2cc(F)cc(F)c2)NC(=O)c2csc(-c3ccc(C)cc3)n2)c1. The number of aryl methyl sites for hydroxylation is 2. The zero-order valence-electron chi connectivity index (χ0n) is 21.4. The first kappa shape index (κ1) is 27.6. The maximum absolute atomic E-state index is 13.8. The first-order chi connectivity index (χ1) is 18.3. The Kier molecular flexibility index (Phi) is 9.33. The highest BCUT2D eigenvalue weighted by Crippen LogP contribution is 2.24. The molecule has 2 atom stereocenters. The Bertz CT molecular complexity index is 1350. The predicted molar refractivity (Wildman–Crippen MR) is 147 cm³/mol. The van der Waals surface area contributed by atoms with Crippen molar-refractivity contribution in [1.82, 2.24) is 15.6 Å². The lowest BCUT2D eigenvalue weighted by atomic mass is 10.00. The lowest BCUT2D eigenvalue weighted by Gasteiger charge is -2.24. The van der Waals surface area contributed by atoms with Crippen LogP contribution in [0.5, 0.6) is 0 Å². The molecule has 4 rings (SSSR count). The normalized spacial score (nSPS) is 12.8. The maximum atomic E-state index is 13.8. The number of nitrogens with one attached hydrogen (secondary N) is 2. The molecule has 0 aliphatic rings. The van der Waals surface area contributed by atoms with E-state index in [-0.39, 0.29) is 18.7 Å². The quantitative estimate of drug-likeness (QED) is 0.239. The van der Waals surface area contributed by atoms with Gasteiger partial charge in [0.05, 0.1) is 12.1 Å². The van der Waals surface area contributed by atoms with E-state index in [0.29, 0.717) is 17.1 Å². The molecule has 5 nitrogen and oxygen atoms in total. The van der Waals surface area contributed by atoms with Crippen LogP contribution in [0.3, 0.4) is 0 Å². The van der Waals surface area contributed by atoms with Crippen LogP contribution in [0.4, 0.5) is 8.78 Å². The molecule has 0 fully saturated rings. The lowest BCUT2D eigenvalue weighted by molar-refractivity contribution is 0.0826. The smallest absolute Gasteiger partial charge is 0.271 e. The van der Waals surface area contributed by atoms with Gasteiger partial charge in [0.1, 0.15) is 22.3 Å². The minimum atomic E-state index is -1.02. The van der Waals surface area contributed by atoms with Crippen LogP contribution in [0.2, 0.25) is 0 Å². The van der Waals surface area contributed by atoms with Crippen molar-refractivity contribution in [3.8, 4) is 10.6 Å². The largest absolute Gasteiger partial charge is 0.390 e. The van der Waals surface area contributed by atoms with Gasteiger partial charge in [-0.25, -0.2) is 13.8 Å². The van der Waals surface area contributed by atoms with Crippen LogP contribution in [0.25, 0.3) is 10.6 Å². The van der Waals surface area contributed by atoms with Gasteiger partial charge in [-0.15, -0.1) is 11.3 Å². The third kappa shape index (κ3) is 7.54. The minimum Gasteiger partial charge on any atom is -0.390 e. The molecule has 0 unspecified atom stereocenters. The molecule has 0 bridgehead atoms. The Labute approximate surface area is 225 Å². The Morgan fingerprint density at radius 3 is 2.42 bits per heavy atom. The Hall–Kier alpha value is -3.46. The average Bonchev–Trinajstić information content (AvgIpc) is 3.39. The van der Waals surface area contributed by atoms with Gasteiger partial charge in [-0.1, -0.05) is 61.0 Å². The van der Waals surface area contributed by atoms with Gasteiger partial charge in [-0.3, -0.25) is 4.79 Å². The number of thiazole rings is 1. The summed E-state index contributed by atoms with van der Waals surface area (Å²) in [5, 5.41) is 19.4. The van der Waals surface area contributed by atoms with E-state index in [1.807, 2.05) is 43.3 Å². The van der Waals surface area contributed by atoms with Gasteiger partial charge in [0.15, 0.2) is 0 Å². The number of carbonyl (C=O) groups is 1. The molecule has 0 saturated heterocycles. The molecule has 3 aromatic carbocycles. The van der Waals surface area contributed by atoms with Crippen LogP contribution in [0, 0.1) is 18.6 Å². The summed E-state index contributed by atoms with van der Waals surface area (Å²) in [7, 11) is 0. The standard InChI is InChI=1S/C30H31F2N3O2S/c1-3-20-5-4-6-21(11-20)16-33-17-28(36)26(14-22-12-24(31)15-25(32)13-22)34-29(37)27-18-38-30(35-27)23-9-7-19(2)8-10-23/h4-13,15,18,26,28,33,36H,3,14,16-17H2,1-2H3,(H,34,37)/t26-,28+/m0/s1. The van der Waals surface area contributed by atoms with Crippen LogP contribution in [0.15, 0.2) is 72.1 Å². The van der Waals surface area contributed by atoms with Crippen LogP contribution in [-0.4, -0.2) is 34.7 Å². The van der Waals surface area contributed by atoms with Gasteiger partial charge in [0.25, 0.3) is 5.91 Å². The summed E-state index contributed by atoms with van der Waals surface area (Å²) in [5.41, 5.74) is 4.88. The highest BCUT2D eigenvalue weighted by atomic mass is 32.1. The second-order valence-electron chi connectivity index (χ2n) is 9.34. The monoisotopic (exact) mass is 535 g/mol. The van der Waals surface area contributed by atoms with Crippen molar-refractivity contribution in [3.05, 3.63) is 112 Å².